The number of benzene rings is 3. The number of nitrogens with zero attached hydrogens (tertiary/aromatic N) is 4. The van der Waals surface area contributed by atoms with Crippen molar-refractivity contribution in [2.45, 2.75) is 19.1 Å². The number of anilines is 3. The standard InChI is InChI=1S/C33H28F3N7O2/c1-20-18-43(17-16-37-20)32(45)23-4-2-21(3-5-23)27-14-15-28-29(42-27)30(39-19-38-28)40-25-10-6-22(7-11-25)31(44)41-26-12-8-24(9-13-26)33(34,35)36/h2-15,19-20,37H,16-18H2,1H3,(H,41,44)(H,38,39,40)/t20-/m0/s1. The Morgan fingerprint density at radius 3 is 2.24 bits per heavy atom. The predicted molar refractivity (Wildman–Crippen MR) is 165 cm³/mol. The fourth-order valence-corrected chi connectivity index (χ4v) is 5.06. The quantitative estimate of drug-likeness (QED) is 0.212. The molecule has 1 fully saturated rings. The molecule has 0 aliphatic carbocycles. The lowest BCUT2D eigenvalue weighted by Gasteiger charge is -2.32. The Hall–Kier alpha value is -5.36. The Morgan fingerprint density at radius 2 is 1.56 bits per heavy atom. The number of rotatable bonds is 6. The molecule has 1 saturated heterocycles. The average molecular weight is 612 g/mol. The second-order valence-electron chi connectivity index (χ2n) is 10.7. The minimum atomic E-state index is -4.45. The molecule has 0 radical (unpaired) electrons. The second kappa shape index (κ2) is 12.3. The Balaban J connectivity index is 1.15. The van der Waals surface area contributed by atoms with Crippen LogP contribution >= 0.6 is 0 Å². The van der Waals surface area contributed by atoms with E-state index in [1.165, 1.54) is 18.5 Å². The van der Waals surface area contributed by atoms with E-state index in [4.69, 9.17) is 4.98 Å². The molecular formula is C33H28F3N7O2. The number of carbonyl (C=O) groups excluding carboxylic acids is 2. The monoisotopic (exact) mass is 611 g/mol. The molecular weight excluding hydrogens is 583 g/mol. The molecule has 228 valence electrons. The van der Waals surface area contributed by atoms with Crippen molar-refractivity contribution in [1.29, 1.82) is 0 Å². The fraction of sp³-hybridized carbons (Fsp3) is 0.182. The summed E-state index contributed by atoms with van der Waals surface area (Å²) in [5, 5.41) is 9.16. The molecule has 3 heterocycles. The van der Waals surface area contributed by atoms with Gasteiger partial charge in [0.15, 0.2) is 5.82 Å². The van der Waals surface area contributed by atoms with Crippen molar-refractivity contribution in [3.05, 3.63) is 108 Å². The van der Waals surface area contributed by atoms with Crippen molar-refractivity contribution >= 4 is 40.0 Å². The molecule has 5 aromatic rings. The van der Waals surface area contributed by atoms with Crippen molar-refractivity contribution < 1.29 is 22.8 Å². The van der Waals surface area contributed by atoms with E-state index in [1.54, 1.807) is 24.3 Å². The third-order valence-electron chi connectivity index (χ3n) is 7.45. The van der Waals surface area contributed by atoms with Crippen LogP contribution in [0.2, 0.25) is 0 Å². The van der Waals surface area contributed by atoms with E-state index in [0.717, 1.165) is 24.2 Å². The summed E-state index contributed by atoms with van der Waals surface area (Å²) >= 11 is 0. The fourth-order valence-electron chi connectivity index (χ4n) is 5.06. The van der Waals surface area contributed by atoms with Crippen LogP contribution in [0.15, 0.2) is 91.3 Å². The van der Waals surface area contributed by atoms with Gasteiger partial charge in [-0.2, -0.15) is 13.2 Å². The van der Waals surface area contributed by atoms with Crippen LogP contribution in [-0.2, 0) is 6.18 Å². The molecule has 6 rings (SSSR count). The molecule has 12 heteroatoms. The summed E-state index contributed by atoms with van der Waals surface area (Å²) in [6.07, 6.45) is -3.02. The van der Waals surface area contributed by atoms with Gasteiger partial charge in [0, 0.05) is 53.7 Å². The number of nitrogens with one attached hydrogen (secondary N) is 3. The van der Waals surface area contributed by atoms with Crippen LogP contribution in [0.4, 0.5) is 30.4 Å². The third-order valence-corrected chi connectivity index (χ3v) is 7.45. The van der Waals surface area contributed by atoms with Crippen molar-refractivity contribution in [3.63, 3.8) is 0 Å². The Kier molecular flexibility index (Phi) is 8.14. The molecule has 0 bridgehead atoms. The van der Waals surface area contributed by atoms with Crippen LogP contribution in [0.5, 0.6) is 0 Å². The molecule has 1 aliphatic heterocycles. The van der Waals surface area contributed by atoms with Crippen molar-refractivity contribution in [2.75, 3.05) is 30.3 Å². The minimum Gasteiger partial charge on any atom is -0.338 e. The van der Waals surface area contributed by atoms with Gasteiger partial charge >= 0.3 is 6.18 Å². The summed E-state index contributed by atoms with van der Waals surface area (Å²) < 4.78 is 38.4. The Bertz CT molecular complexity index is 1840. The lowest BCUT2D eigenvalue weighted by molar-refractivity contribution is -0.137. The zero-order valence-electron chi connectivity index (χ0n) is 24.1. The predicted octanol–water partition coefficient (Wildman–Crippen LogP) is 6.14. The molecule has 2 amide bonds. The number of halogens is 3. The highest BCUT2D eigenvalue weighted by molar-refractivity contribution is 6.04. The number of aromatic nitrogens is 3. The van der Waals surface area contributed by atoms with E-state index in [2.05, 4.69) is 32.8 Å². The maximum absolute atomic E-state index is 13.0. The second-order valence-corrected chi connectivity index (χ2v) is 10.7. The summed E-state index contributed by atoms with van der Waals surface area (Å²) in [4.78, 5) is 41.0. The largest absolute Gasteiger partial charge is 0.416 e. The maximum Gasteiger partial charge on any atom is 0.416 e. The maximum atomic E-state index is 13.0. The number of alkyl halides is 3. The zero-order chi connectivity index (χ0) is 31.6. The number of hydrogen-bond acceptors (Lipinski definition) is 7. The molecule has 0 unspecified atom stereocenters. The molecule has 1 atom stereocenters. The van der Waals surface area contributed by atoms with Crippen LogP contribution in [0.1, 0.15) is 33.2 Å². The van der Waals surface area contributed by atoms with Gasteiger partial charge in [-0.05, 0) is 79.7 Å². The highest BCUT2D eigenvalue weighted by Crippen LogP contribution is 2.30. The molecule has 0 saturated carbocycles. The van der Waals surface area contributed by atoms with E-state index >= 15 is 0 Å². The van der Waals surface area contributed by atoms with Crippen molar-refractivity contribution in [3.8, 4) is 11.3 Å². The zero-order valence-corrected chi connectivity index (χ0v) is 24.1. The first-order valence-electron chi connectivity index (χ1n) is 14.2. The first-order chi connectivity index (χ1) is 21.6. The van der Waals surface area contributed by atoms with Crippen LogP contribution in [0, 0.1) is 0 Å². The summed E-state index contributed by atoms with van der Waals surface area (Å²) in [6, 6.07) is 22.1. The molecule has 3 aromatic carbocycles. The van der Waals surface area contributed by atoms with Gasteiger partial charge in [0.2, 0.25) is 0 Å². The van der Waals surface area contributed by atoms with E-state index < -0.39 is 17.6 Å². The van der Waals surface area contributed by atoms with Gasteiger partial charge in [-0.15, -0.1) is 0 Å². The smallest absolute Gasteiger partial charge is 0.338 e. The molecule has 45 heavy (non-hydrogen) atoms. The highest BCUT2D eigenvalue weighted by atomic mass is 19.4. The Labute approximate surface area is 256 Å². The average Bonchev–Trinajstić information content (AvgIpc) is 3.04. The number of pyridine rings is 1. The SMILES string of the molecule is C[C@H]1CN(C(=O)c2ccc(-c3ccc4ncnc(Nc5ccc(C(=O)Nc6ccc(C(F)(F)F)cc6)cc5)c4n3)cc2)CCN1. The van der Waals surface area contributed by atoms with Gasteiger partial charge in [0.05, 0.1) is 16.8 Å². The third kappa shape index (κ3) is 6.75. The van der Waals surface area contributed by atoms with E-state index in [9.17, 15) is 22.8 Å². The number of carbonyl (C=O) groups is 2. The molecule has 9 nitrogen and oxygen atoms in total. The first kappa shape index (κ1) is 29.7. The lowest BCUT2D eigenvalue weighted by Crippen LogP contribution is -2.51. The molecule has 0 spiro atoms. The van der Waals surface area contributed by atoms with Gasteiger partial charge in [-0.3, -0.25) is 9.59 Å². The minimum absolute atomic E-state index is 0.00402. The van der Waals surface area contributed by atoms with Gasteiger partial charge in [-0.1, -0.05) is 12.1 Å². The van der Waals surface area contributed by atoms with Gasteiger partial charge < -0.3 is 20.9 Å². The number of fused-ring (bicyclic) bond motifs is 1. The van der Waals surface area contributed by atoms with E-state index in [0.29, 0.717) is 52.4 Å². The number of piperazine rings is 1. The number of hydrogen-bond donors (Lipinski definition) is 3. The van der Waals surface area contributed by atoms with E-state index in [1.807, 2.05) is 41.3 Å². The van der Waals surface area contributed by atoms with Crippen LogP contribution < -0.4 is 16.0 Å². The van der Waals surface area contributed by atoms with Crippen LogP contribution in [-0.4, -0.2) is 57.3 Å². The van der Waals surface area contributed by atoms with Crippen LogP contribution in [0.3, 0.4) is 0 Å². The van der Waals surface area contributed by atoms with Crippen LogP contribution in [0.25, 0.3) is 22.3 Å². The molecule has 1 aliphatic rings. The van der Waals surface area contributed by atoms with Crippen molar-refractivity contribution in [1.82, 2.24) is 25.2 Å². The van der Waals surface area contributed by atoms with Gasteiger partial charge in [-0.25, -0.2) is 15.0 Å². The summed E-state index contributed by atoms with van der Waals surface area (Å²) in [5.41, 5.74) is 3.72. The molecule has 3 N–H and O–H groups in total. The topological polar surface area (TPSA) is 112 Å². The molecule has 2 aromatic heterocycles. The lowest BCUT2D eigenvalue weighted by atomic mass is 10.1. The van der Waals surface area contributed by atoms with Crippen molar-refractivity contribution in [2.24, 2.45) is 0 Å². The summed E-state index contributed by atoms with van der Waals surface area (Å²) in [6.45, 7) is 4.17. The number of amides is 2. The first-order valence-corrected chi connectivity index (χ1v) is 14.2. The summed E-state index contributed by atoms with van der Waals surface area (Å²) in [5.74, 6) is 0.00287. The van der Waals surface area contributed by atoms with Gasteiger partial charge in [0.25, 0.3) is 11.8 Å². The Morgan fingerprint density at radius 1 is 0.867 bits per heavy atom. The summed E-state index contributed by atoms with van der Waals surface area (Å²) in [7, 11) is 0. The van der Waals surface area contributed by atoms with Gasteiger partial charge in [0.1, 0.15) is 11.8 Å². The van der Waals surface area contributed by atoms with E-state index in [-0.39, 0.29) is 17.6 Å². The highest BCUT2D eigenvalue weighted by Gasteiger charge is 2.30. The normalized spacial score (nSPS) is 15.1.